The number of hydrogen-bond acceptors (Lipinski definition) is 3. The number of carbonyl (C=O) groups excluding carboxylic acids is 1. The van der Waals surface area contributed by atoms with Crippen molar-refractivity contribution in [2.24, 2.45) is 5.73 Å². The van der Waals surface area contributed by atoms with Gasteiger partial charge in [-0.3, -0.25) is 4.79 Å². The van der Waals surface area contributed by atoms with Gasteiger partial charge in [-0.05, 0) is 42.0 Å². The Morgan fingerprint density at radius 3 is 2.32 bits per heavy atom. The number of benzene rings is 2. The summed E-state index contributed by atoms with van der Waals surface area (Å²) < 4.78 is 6.23. The average molecular weight is 363 g/mol. The molecule has 116 valence electrons. The maximum absolute atomic E-state index is 11.1. The first kappa shape index (κ1) is 16.4. The largest absolute Gasteiger partial charge is 0.497 e. The van der Waals surface area contributed by atoms with Crippen molar-refractivity contribution in [2.75, 3.05) is 18.6 Å². The SMILES string of the molecule is COc1ccc(N(CCC(N)=O)Cc2ccc(Br)cc2)cc1. The Balaban J connectivity index is 2.16. The van der Waals surface area contributed by atoms with Crippen LogP contribution >= 0.6 is 15.9 Å². The molecule has 2 aromatic rings. The van der Waals surface area contributed by atoms with Crippen LogP contribution in [-0.4, -0.2) is 19.6 Å². The minimum Gasteiger partial charge on any atom is -0.497 e. The van der Waals surface area contributed by atoms with E-state index in [1.807, 2.05) is 36.4 Å². The summed E-state index contributed by atoms with van der Waals surface area (Å²) in [6, 6.07) is 15.9. The molecule has 0 heterocycles. The smallest absolute Gasteiger partial charge is 0.219 e. The Morgan fingerprint density at radius 1 is 1.14 bits per heavy atom. The molecule has 0 aromatic heterocycles. The lowest BCUT2D eigenvalue weighted by Crippen LogP contribution is -2.27. The number of nitrogens with two attached hydrogens (primary N) is 1. The van der Waals surface area contributed by atoms with Gasteiger partial charge in [0.25, 0.3) is 0 Å². The van der Waals surface area contributed by atoms with Crippen LogP contribution in [-0.2, 0) is 11.3 Å². The Morgan fingerprint density at radius 2 is 1.77 bits per heavy atom. The molecule has 0 saturated carbocycles. The molecule has 0 aliphatic carbocycles. The van der Waals surface area contributed by atoms with E-state index in [9.17, 15) is 4.79 Å². The first-order chi connectivity index (χ1) is 10.6. The van der Waals surface area contributed by atoms with E-state index >= 15 is 0 Å². The summed E-state index contributed by atoms with van der Waals surface area (Å²) in [5, 5.41) is 0. The van der Waals surface area contributed by atoms with Crippen molar-refractivity contribution in [3.05, 3.63) is 58.6 Å². The number of ether oxygens (including phenoxy) is 1. The van der Waals surface area contributed by atoms with E-state index in [2.05, 4.69) is 33.0 Å². The standard InChI is InChI=1S/C17H19BrN2O2/c1-22-16-8-6-15(7-9-16)20(11-10-17(19)21)12-13-2-4-14(18)5-3-13/h2-9H,10-12H2,1H3,(H2,19,21). The molecule has 5 heteroatoms. The monoisotopic (exact) mass is 362 g/mol. The zero-order valence-electron chi connectivity index (χ0n) is 12.5. The number of hydrogen-bond donors (Lipinski definition) is 1. The molecule has 0 atom stereocenters. The second-order valence-corrected chi connectivity index (χ2v) is 5.88. The Labute approximate surface area is 139 Å². The summed E-state index contributed by atoms with van der Waals surface area (Å²) in [4.78, 5) is 13.2. The fourth-order valence-corrected chi connectivity index (χ4v) is 2.41. The molecule has 0 radical (unpaired) electrons. The molecular formula is C17H19BrN2O2. The fourth-order valence-electron chi connectivity index (χ4n) is 2.15. The van der Waals surface area contributed by atoms with E-state index in [0.29, 0.717) is 19.5 Å². The van der Waals surface area contributed by atoms with Crippen LogP contribution in [0.2, 0.25) is 0 Å². The van der Waals surface area contributed by atoms with Crippen molar-refractivity contribution in [3.63, 3.8) is 0 Å². The Kier molecular flexibility index (Phi) is 5.83. The van der Waals surface area contributed by atoms with Crippen LogP contribution in [0.25, 0.3) is 0 Å². The van der Waals surface area contributed by atoms with Gasteiger partial charge in [0.15, 0.2) is 0 Å². The van der Waals surface area contributed by atoms with Crippen molar-refractivity contribution < 1.29 is 9.53 Å². The molecule has 2 rings (SSSR count). The number of amides is 1. The highest BCUT2D eigenvalue weighted by molar-refractivity contribution is 9.10. The van der Waals surface area contributed by atoms with Crippen LogP contribution in [0.3, 0.4) is 0 Å². The normalized spacial score (nSPS) is 10.3. The third-order valence-electron chi connectivity index (χ3n) is 3.35. The van der Waals surface area contributed by atoms with Gasteiger partial charge in [-0.2, -0.15) is 0 Å². The summed E-state index contributed by atoms with van der Waals surface area (Å²) >= 11 is 3.43. The number of halogens is 1. The van der Waals surface area contributed by atoms with Crippen LogP contribution in [0, 0.1) is 0 Å². The highest BCUT2D eigenvalue weighted by Crippen LogP contribution is 2.22. The molecule has 0 aliphatic rings. The van der Waals surface area contributed by atoms with Gasteiger partial charge < -0.3 is 15.4 Å². The Hall–Kier alpha value is -2.01. The Bertz CT molecular complexity index is 612. The molecule has 22 heavy (non-hydrogen) atoms. The topological polar surface area (TPSA) is 55.6 Å². The lowest BCUT2D eigenvalue weighted by molar-refractivity contribution is -0.117. The van der Waals surface area contributed by atoms with Crippen LogP contribution in [0.15, 0.2) is 53.0 Å². The average Bonchev–Trinajstić information content (AvgIpc) is 2.53. The van der Waals surface area contributed by atoms with Gasteiger partial charge in [0.2, 0.25) is 5.91 Å². The van der Waals surface area contributed by atoms with E-state index in [1.165, 1.54) is 5.56 Å². The van der Waals surface area contributed by atoms with Crippen molar-refractivity contribution >= 4 is 27.5 Å². The maximum atomic E-state index is 11.1. The maximum Gasteiger partial charge on any atom is 0.219 e. The predicted octanol–water partition coefficient (Wildman–Crippen LogP) is 3.34. The predicted molar refractivity (Wildman–Crippen MR) is 92.0 cm³/mol. The first-order valence-electron chi connectivity index (χ1n) is 7.00. The molecule has 4 nitrogen and oxygen atoms in total. The van der Waals surface area contributed by atoms with Crippen molar-refractivity contribution in [3.8, 4) is 5.75 Å². The molecule has 1 amide bonds. The molecule has 2 aromatic carbocycles. The van der Waals surface area contributed by atoms with Crippen molar-refractivity contribution in [1.29, 1.82) is 0 Å². The van der Waals surface area contributed by atoms with Gasteiger partial charge in [0, 0.05) is 29.7 Å². The number of rotatable bonds is 7. The quantitative estimate of drug-likeness (QED) is 0.821. The highest BCUT2D eigenvalue weighted by Gasteiger charge is 2.09. The van der Waals surface area contributed by atoms with Gasteiger partial charge in [-0.25, -0.2) is 0 Å². The van der Waals surface area contributed by atoms with E-state index in [4.69, 9.17) is 10.5 Å². The number of primary amides is 1. The third kappa shape index (κ3) is 4.77. The fraction of sp³-hybridized carbons (Fsp3) is 0.235. The molecule has 0 unspecified atom stereocenters. The summed E-state index contributed by atoms with van der Waals surface area (Å²) in [6.45, 7) is 1.30. The number of anilines is 1. The van der Waals surface area contributed by atoms with Crippen molar-refractivity contribution in [2.45, 2.75) is 13.0 Å². The van der Waals surface area contributed by atoms with Gasteiger partial charge in [-0.1, -0.05) is 28.1 Å². The molecule has 2 N–H and O–H groups in total. The first-order valence-corrected chi connectivity index (χ1v) is 7.79. The van der Waals surface area contributed by atoms with E-state index < -0.39 is 0 Å². The van der Waals surface area contributed by atoms with Crippen LogP contribution in [0.1, 0.15) is 12.0 Å². The number of nitrogens with zero attached hydrogens (tertiary/aromatic N) is 1. The zero-order valence-corrected chi connectivity index (χ0v) is 14.0. The molecule has 0 aliphatic heterocycles. The lowest BCUT2D eigenvalue weighted by atomic mass is 10.2. The number of methoxy groups -OCH3 is 1. The zero-order chi connectivity index (χ0) is 15.9. The minimum absolute atomic E-state index is 0.297. The highest BCUT2D eigenvalue weighted by atomic mass is 79.9. The van der Waals surface area contributed by atoms with Crippen molar-refractivity contribution in [1.82, 2.24) is 0 Å². The van der Waals surface area contributed by atoms with Gasteiger partial charge in [0.05, 0.1) is 7.11 Å². The van der Waals surface area contributed by atoms with Gasteiger partial charge >= 0.3 is 0 Å². The third-order valence-corrected chi connectivity index (χ3v) is 3.88. The second-order valence-electron chi connectivity index (χ2n) is 4.96. The molecule has 0 saturated heterocycles. The second kappa shape index (κ2) is 7.84. The van der Waals surface area contributed by atoms with E-state index in [1.54, 1.807) is 7.11 Å². The number of carbonyl (C=O) groups is 1. The van der Waals surface area contributed by atoms with Crippen LogP contribution in [0.5, 0.6) is 5.75 Å². The van der Waals surface area contributed by atoms with E-state index in [0.717, 1.165) is 15.9 Å². The lowest BCUT2D eigenvalue weighted by Gasteiger charge is -2.25. The molecule has 0 spiro atoms. The molecular weight excluding hydrogens is 344 g/mol. The summed E-state index contributed by atoms with van der Waals surface area (Å²) in [6.07, 6.45) is 0.322. The van der Waals surface area contributed by atoms with Crippen LogP contribution < -0.4 is 15.4 Å². The van der Waals surface area contributed by atoms with Crippen LogP contribution in [0.4, 0.5) is 5.69 Å². The summed E-state index contributed by atoms with van der Waals surface area (Å²) in [5.74, 6) is 0.511. The molecule has 0 bridgehead atoms. The summed E-state index contributed by atoms with van der Waals surface area (Å²) in [7, 11) is 1.64. The summed E-state index contributed by atoms with van der Waals surface area (Å²) in [5.41, 5.74) is 7.49. The van der Waals surface area contributed by atoms with Gasteiger partial charge in [0.1, 0.15) is 5.75 Å². The minimum atomic E-state index is -0.297. The van der Waals surface area contributed by atoms with E-state index in [-0.39, 0.29) is 5.91 Å². The molecule has 0 fully saturated rings. The van der Waals surface area contributed by atoms with Gasteiger partial charge in [-0.15, -0.1) is 0 Å².